The van der Waals surface area contributed by atoms with E-state index in [9.17, 15) is 19.8 Å². The summed E-state index contributed by atoms with van der Waals surface area (Å²) in [5, 5.41) is 23.8. The standard InChI is InChI=1S/C28H39NO6/c1-17-18-8-9-19-26-12-7-11-25(2,3)21(26)24(33)28(35-16-26,27(19,22(17)31)23(18)32)34-15-10-20(30)29-13-5-4-6-14-29/h7,12,18-19,21,23-24,32-33H,1,4-6,8-11,13-16H2,2-3H3/t18-,19-,21+,23+,24-,26+,27-,28+/m0/s1. The van der Waals surface area contributed by atoms with Crippen LogP contribution in [0, 0.1) is 34.0 Å². The lowest BCUT2D eigenvalue weighted by Crippen LogP contribution is -2.83. The number of ether oxygens (including phenoxy) is 2. The molecule has 7 aliphatic rings. The summed E-state index contributed by atoms with van der Waals surface area (Å²) < 4.78 is 13.0. The van der Waals surface area contributed by atoms with Crippen molar-refractivity contribution >= 4 is 11.7 Å². The highest BCUT2D eigenvalue weighted by Crippen LogP contribution is 2.76. The Morgan fingerprint density at radius 1 is 1.20 bits per heavy atom. The summed E-state index contributed by atoms with van der Waals surface area (Å²) in [6, 6.07) is 0. The summed E-state index contributed by atoms with van der Waals surface area (Å²) in [7, 11) is 0. The van der Waals surface area contributed by atoms with Crippen LogP contribution in [-0.2, 0) is 19.1 Å². The molecule has 7 rings (SSSR count). The third kappa shape index (κ3) is 2.76. The number of carbonyl (C=O) groups excluding carboxylic acids is 2. The van der Waals surface area contributed by atoms with E-state index in [1.807, 2.05) is 4.90 Å². The van der Waals surface area contributed by atoms with Crippen molar-refractivity contribution < 1.29 is 29.3 Å². The predicted molar refractivity (Wildman–Crippen MR) is 128 cm³/mol. The Balaban J connectivity index is 1.40. The van der Waals surface area contributed by atoms with E-state index >= 15 is 0 Å². The van der Waals surface area contributed by atoms with Crippen LogP contribution >= 0.6 is 0 Å². The molecule has 4 aliphatic carbocycles. The van der Waals surface area contributed by atoms with Crippen molar-refractivity contribution in [3.63, 3.8) is 0 Å². The van der Waals surface area contributed by atoms with Gasteiger partial charge in [-0.1, -0.05) is 32.6 Å². The van der Waals surface area contributed by atoms with E-state index in [1.54, 1.807) is 0 Å². The number of piperidine rings is 1. The minimum Gasteiger partial charge on any atom is -0.391 e. The number of nitrogens with zero attached hydrogens (tertiary/aromatic N) is 1. The lowest BCUT2D eigenvalue weighted by molar-refractivity contribution is -0.447. The highest BCUT2D eigenvalue weighted by Gasteiger charge is 2.86. The molecule has 2 spiro atoms. The van der Waals surface area contributed by atoms with Crippen LogP contribution in [0.3, 0.4) is 0 Å². The van der Waals surface area contributed by atoms with Gasteiger partial charge in [0.2, 0.25) is 11.7 Å². The Bertz CT molecular complexity index is 984. The molecule has 3 saturated heterocycles. The maximum atomic E-state index is 14.0. The smallest absolute Gasteiger partial charge is 0.224 e. The van der Waals surface area contributed by atoms with E-state index in [1.165, 1.54) is 0 Å². The summed E-state index contributed by atoms with van der Waals surface area (Å²) in [6.07, 6.45) is 7.76. The van der Waals surface area contributed by atoms with Crippen LogP contribution in [0.15, 0.2) is 24.3 Å². The van der Waals surface area contributed by atoms with Crippen LogP contribution in [0.5, 0.6) is 0 Å². The van der Waals surface area contributed by atoms with Crippen LogP contribution < -0.4 is 0 Å². The molecule has 0 aromatic carbocycles. The minimum absolute atomic E-state index is 0.0239. The zero-order valence-electron chi connectivity index (χ0n) is 21.0. The SMILES string of the molecule is C=C1C(=O)[C@]23[C@H](O)[C@H]1CC[C@H]2[C@]12C=CCC(C)(C)[C@H]1[C@H](O)[C@@]3(OCCC(=O)N1CCCCC1)OC2. The topological polar surface area (TPSA) is 96.3 Å². The normalized spacial score (nSPS) is 47.5. The highest BCUT2D eigenvalue weighted by molar-refractivity contribution is 6.05. The lowest BCUT2D eigenvalue weighted by Gasteiger charge is -2.73. The number of hydrogen-bond acceptors (Lipinski definition) is 6. The largest absolute Gasteiger partial charge is 0.391 e. The third-order valence-electron chi connectivity index (χ3n) is 10.6. The van der Waals surface area contributed by atoms with E-state index in [2.05, 4.69) is 32.6 Å². The molecule has 0 aromatic heterocycles. The molecular formula is C28H39NO6. The van der Waals surface area contributed by atoms with Crippen molar-refractivity contribution in [1.82, 2.24) is 4.90 Å². The second-order valence-electron chi connectivity index (χ2n) is 12.5. The number of hydrogen-bond donors (Lipinski definition) is 2. The summed E-state index contributed by atoms with van der Waals surface area (Å²) in [4.78, 5) is 28.8. The molecule has 7 heteroatoms. The molecule has 1 amide bonds. The number of allylic oxidation sites excluding steroid dienone is 1. The number of Topliss-reactive ketones (excluding diaryl/α,β-unsaturated/α-hetero) is 1. The van der Waals surface area contributed by atoms with Gasteiger partial charge in [-0.2, -0.15) is 0 Å². The highest BCUT2D eigenvalue weighted by atomic mass is 16.7. The fourth-order valence-electron chi connectivity index (χ4n) is 9.22. The van der Waals surface area contributed by atoms with Crippen LogP contribution in [0.1, 0.15) is 58.8 Å². The number of rotatable bonds is 4. The zero-order chi connectivity index (χ0) is 24.8. The molecule has 0 radical (unpaired) electrons. The summed E-state index contributed by atoms with van der Waals surface area (Å²) in [5.74, 6) is -2.65. The number of aliphatic hydroxyl groups is 2. The predicted octanol–water partition coefficient (Wildman–Crippen LogP) is 2.61. The van der Waals surface area contributed by atoms with Gasteiger partial charge in [0, 0.05) is 30.3 Å². The van der Waals surface area contributed by atoms with Crippen LogP contribution in [0.4, 0.5) is 0 Å². The van der Waals surface area contributed by atoms with Gasteiger partial charge in [-0.25, -0.2) is 0 Å². The fraction of sp³-hybridized carbons (Fsp3) is 0.786. The molecule has 0 unspecified atom stereocenters. The maximum absolute atomic E-state index is 14.0. The molecular weight excluding hydrogens is 446 g/mol. The average Bonchev–Trinajstić information content (AvgIpc) is 2.93. The Labute approximate surface area is 207 Å². The first-order chi connectivity index (χ1) is 16.6. The van der Waals surface area contributed by atoms with Crippen LogP contribution in [0.25, 0.3) is 0 Å². The summed E-state index contributed by atoms with van der Waals surface area (Å²) >= 11 is 0. The van der Waals surface area contributed by atoms with Gasteiger partial charge in [0.05, 0.1) is 25.7 Å². The van der Waals surface area contributed by atoms with Gasteiger partial charge in [0.1, 0.15) is 11.5 Å². The Hall–Kier alpha value is -1.54. The summed E-state index contributed by atoms with van der Waals surface area (Å²) in [6.45, 7) is 10.3. The second kappa shape index (κ2) is 7.73. The maximum Gasteiger partial charge on any atom is 0.224 e. The van der Waals surface area contributed by atoms with E-state index in [4.69, 9.17) is 9.47 Å². The van der Waals surface area contributed by atoms with E-state index in [-0.39, 0.29) is 47.9 Å². The Morgan fingerprint density at radius 3 is 2.69 bits per heavy atom. The molecule has 3 saturated carbocycles. The van der Waals surface area contributed by atoms with Crippen molar-refractivity contribution in [2.45, 2.75) is 76.8 Å². The quantitative estimate of drug-likeness (QED) is 0.470. The number of carbonyl (C=O) groups is 2. The van der Waals surface area contributed by atoms with Gasteiger partial charge >= 0.3 is 0 Å². The van der Waals surface area contributed by atoms with Gasteiger partial charge in [-0.15, -0.1) is 0 Å². The Kier molecular flexibility index (Phi) is 5.27. The lowest BCUT2D eigenvalue weighted by atomic mass is 9.37. The van der Waals surface area contributed by atoms with Crippen molar-refractivity contribution in [1.29, 1.82) is 0 Å². The molecule has 4 bridgehead atoms. The van der Waals surface area contributed by atoms with E-state index < -0.39 is 28.8 Å². The first-order valence-corrected chi connectivity index (χ1v) is 13.5. The van der Waals surface area contributed by atoms with Crippen LogP contribution in [0.2, 0.25) is 0 Å². The number of likely N-dealkylation sites (tertiary alicyclic amines) is 1. The van der Waals surface area contributed by atoms with E-state index in [0.717, 1.165) is 45.2 Å². The average molecular weight is 486 g/mol. The molecule has 35 heavy (non-hydrogen) atoms. The molecule has 8 atom stereocenters. The number of aliphatic hydroxyl groups excluding tert-OH is 2. The van der Waals surface area contributed by atoms with Crippen molar-refractivity contribution in [3.05, 3.63) is 24.3 Å². The summed E-state index contributed by atoms with van der Waals surface area (Å²) in [5.41, 5.74) is -1.78. The van der Waals surface area contributed by atoms with Gasteiger partial charge in [-0.3, -0.25) is 9.59 Å². The zero-order valence-corrected chi connectivity index (χ0v) is 21.0. The van der Waals surface area contributed by atoms with Crippen molar-refractivity contribution in [3.8, 4) is 0 Å². The fourth-order valence-corrected chi connectivity index (χ4v) is 9.22. The Morgan fingerprint density at radius 2 is 1.94 bits per heavy atom. The monoisotopic (exact) mass is 485 g/mol. The third-order valence-corrected chi connectivity index (χ3v) is 10.6. The van der Waals surface area contributed by atoms with Gasteiger partial charge in [0.25, 0.3) is 0 Å². The molecule has 0 aromatic rings. The number of ketones is 1. The molecule has 6 fully saturated rings. The number of amides is 1. The van der Waals surface area contributed by atoms with Crippen molar-refractivity contribution in [2.24, 2.45) is 34.0 Å². The van der Waals surface area contributed by atoms with Crippen molar-refractivity contribution in [2.75, 3.05) is 26.3 Å². The van der Waals surface area contributed by atoms with Gasteiger partial charge < -0.3 is 24.6 Å². The molecule has 192 valence electrons. The van der Waals surface area contributed by atoms with Crippen LogP contribution in [-0.4, -0.2) is 71.1 Å². The van der Waals surface area contributed by atoms with E-state index in [0.29, 0.717) is 18.6 Å². The second-order valence-corrected chi connectivity index (χ2v) is 12.5. The minimum atomic E-state index is -1.69. The molecule has 2 N–H and O–H groups in total. The molecule has 3 aliphatic heterocycles. The molecule has 7 nitrogen and oxygen atoms in total. The molecule has 3 heterocycles. The number of fused-ring (bicyclic) bond motifs is 2. The first kappa shape index (κ1) is 23.8. The van der Waals surface area contributed by atoms with Gasteiger partial charge in [-0.05, 0) is 55.4 Å². The first-order valence-electron chi connectivity index (χ1n) is 13.5. The van der Waals surface area contributed by atoms with Gasteiger partial charge in [0.15, 0.2) is 5.78 Å².